The number of aryl methyl sites for hydroxylation is 1. The van der Waals surface area contributed by atoms with E-state index in [0.717, 1.165) is 0 Å². The van der Waals surface area contributed by atoms with Crippen LogP contribution in [0.25, 0.3) is 22.3 Å². The maximum absolute atomic E-state index is 13.4. The van der Waals surface area contributed by atoms with Gasteiger partial charge in [-0.3, -0.25) is 9.59 Å². The van der Waals surface area contributed by atoms with Crippen molar-refractivity contribution in [2.24, 2.45) is 5.92 Å². The first-order valence-electron chi connectivity index (χ1n) is 12.5. The summed E-state index contributed by atoms with van der Waals surface area (Å²) in [5.41, 5.74) is 3.51. The fourth-order valence-corrected chi connectivity index (χ4v) is 4.96. The number of fused-ring (bicyclic) bond motifs is 2. The molecule has 2 N–H and O–H groups in total. The maximum Gasteiger partial charge on any atom is 0.255 e. The summed E-state index contributed by atoms with van der Waals surface area (Å²) in [5, 5.41) is 3.07. The van der Waals surface area contributed by atoms with Crippen molar-refractivity contribution < 1.29 is 28.5 Å². The Kier molecular flexibility index (Phi) is 6.07. The minimum atomic E-state index is -0.248. The van der Waals surface area contributed by atoms with Crippen LogP contribution in [-0.2, 0) is 9.53 Å². The van der Waals surface area contributed by atoms with Crippen molar-refractivity contribution in [3.63, 3.8) is 0 Å². The molecule has 11 heteroatoms. The lowest BCUT2D eigenvalue weighted by molar-refractivity contribution is -0.134. The molecule has 2 aliphatic heterocycles. The molecule has 0 bridgehead atoms. The monoisotopic (exact) mass is 507 g/mol. The van der Waals surface area contributed by atoms with Crippen molar-refractivity contribution in [2.45, 2.75) is 32.2 Å². The summed E-state index contributed by atoms with van der Waals surface area (Å²) in [7, 11) is 1.49. The first-order valence-corrected chi connectivity index (χ1v) is 12.5. The first-order chi connectivity index (χ1) is 18.0. The number of hydrogen-bond acceptors (Lipinski definition) is 8. The number of carbonyl (C=O) groups excluding carboxylic acids is 2. The number of ether oxygens (including phenoxy) is 4. The van der Waals surface area contributed by atoms with Gasteiger partial charge < -0.3 is 34.1 Å². The van der Waals surface area contributed by atoms with E-state index in [2.05, 4.69) is 20.3 Å². The van der Waals surface area contributed by atoms with E-state index in [-0.39, 0.29) is 31.3 Å². The lowest BCUT2D eigenvalue weighted by atomic mass is 10.1. The van der Waals surface area contributed by atoms with Crippen LogP contribution in [0.5, 0.6) is 17.2 Å². The highest BCUT2D eigenvalue weighted by molar-refractivity contribution is 6.09. The number of aromatic amines is 1. The number of benzene rings is 1. The average Bonchev–Trinajstić information content (AvgIpc) is 3.25. The number of nitrogens with zero attached hydrogens (tertiary/aromatic N) is 3. The van der Waals surface area contributed by atoms with Crippen LogP contribution in [0.2, 0.25) is 0 Å². The van der Waals surface area contributed by atoms with Gasteiger partial charge in [0.2, 0.25) is 12.7 Å². The molecule has 1 aliphatic carbocycles. The Balaban J connectivity index is 1.32. The van der Waals surface area contributed by atoms with Gasteiger partial charge in [0.1, 0.15) is 29.9 Å². The second kappa shape index (κ2) is 9.55. The van der Waals surface area contributed by atoms with Crippen molar-refractivity contribution >= 4 is 22.8 Å². The molecule has 2 aromatic heterocycles. The summed E-state index contributed by atoms with van der Waals surface area (Å²) < 4.78 is 22.6. The van der Waals surface area contributed by atoms with Crippen molar-refractivity contribution in [2.75, 3.05) is 40.2 Å². The van der Waals surface area contributed by atoms with Gasteiger partial charge >= 0.3 is 0 Å². The van der Waals surface area contributed by atoms with Crippen LogP contribution in [0.3, 0.4) is 0 Å². The zero-order valence-electron chi connectivity index (χ0n) is 20.8. The molecule has 3 aliphatic rings. The maximum atomic E-state index is 13.4. The zero-order chi connectivity index (χ0) is 25.5. The van der Waals surface area contributed by atoms with E-state index in [1.165, 1.54) is 26.3 Å². The predicted octanol–water partition coefficient (Wildman–Crippen LogP) is 2.43. The van der Waals surface area contributed by atoms with Crippen molar-refractivity contribution in [3.05, 3.63) is 29.7 Å². The van der Waals surface area contributed by atoms with Crippen LogP contribution >= 0.6 is 0 Å². The smallest absolute Gasteiger partial charge is 0.255 e. The molecule has 1 aromatic carbocycles. The van der Waals surface area contributed by atoms with Crippen molar-refractivity contribution in [3.8, 4) is 28.5 Å². The fourth-order valence-electron chi connectivity index (χ4n) is 4.96. The Bertz CT molecular complexity index is 1370. The number of hydrogen-bond donors (Lipinski definition) is 2. The number of carbonyl (C=O) groups is 2. The molecule has 3 aromatic rings. The summed E-state index contributed by atoms with van der Waals surface area (Å²) in [6.07, 6.45) is 4.47. The number of aromatic nitrogens is 3. The largest absolute Gasteiger partial charge is 0.492 e. The topological polar surface area (TPSA) is 128 Å². The van der Waals surface area contributed by atoms with Crippen LogP contribution in [0.1, 0.15) is 35.3 Å². The quantitative estimate of drug-likeness (QED) is 0.476. The van der Waals surface area contributed by atoms with Gasteiger partial charge in [-0.15, -0.1) is 0 Å². The van der Waals surface area contributed by atoms with Crippen LogP contribution in [0.15, 0.2) is 18.5 Å². The normalized spacial score (nSPS) is 18.4. The lowest BCUT2D eigenvalue weighted by Crippen LogP contribution is -2.39. The van der Waals surface area contributed by atoms with Crippen molar-refractivity contribution in [1.82, 2.24) is 25.2 Å². The molecule has 0 unspecified atom stereocenters. The van der Waals surface area contributed by atoms with E-state index in [0.29, 0.717) is 82.8 Å². The number of rotatable bonds is 8. The van der Waals surface area contributed by atoms with Gasteiger partial charge in [-0.1, -0.05) is 0 Å². The third-order valence-electron chi connectivity index (χ3n) is 7.05. The summed E-state index contributed by atoms with van der Waals surface area (Å²) in [5.74, 6) is 2.09. The SMILES string of the molecule is COCC(=O)N1CC[C@@H](NC(=O)c2c(C)[nH]c3c(-c4c(OCC5CC5)ccc5c4OCO5)ncnc23)C1. The molecule has 1 saturated carbocycles. The number of likely N-dealkylation sites (tertiary alicyclic amines) is 1. The van der Waals surface area contributed by atoms with E-state index in [1.807, 2.05) is 19.1 Å². The second-order valence-corrected chi connectivity index (χ2v) is 9.73. The van der Waals surface area contributed by atoms with E-state index in [1.54, 1.807) is 4.90 Å². The molecule has 0 radical (unpaired) electrons. The summed E-state index contributed by atoms with van der Waals surface area (Å²) >= 11 is 0. The van der Waals surface area contributed by atoms with E-state index in [9.17, 15) is 9.59 Å². The number of methoxy groups -OCH3 is 1. The highest BCUT2D eigenvalue weighted by Gasteiger charge is 2.31. The van der Waals surface area contributed by atoms with Gasteiger partial charge in [-0.05, 0) is 44.2 Å². The molecule has 1 saturated heterocycles. The molecule has 0 spiro atoms. The Morgan fingerprint density at radius 3 is 2.89 bits per heavy atom. The molecule has 37 heavy (non-hydrogen) atoms. The second-order valence-electron chi connectivity index (χ2n) is 9.73. The van der Waals surface area contributed by atoms with Crippen LogP contribution in [0, 0.1) is 12.8 Å². The lowest BCUT2D eigenvalue weighted by Gasteiger charge is -2.16. The van der Waals surface area contributed by atoms with Crippen molar-refractivity contribution in [1.29, 1.82) is 0 Å². The predicted molar refractivity (Wildman–Crippen MR) is 133 cm³/mol. The number of amides is 2. The van der Waals surface area contributed by atoms with Gasteiger partial charge in [0.25, 0.3) is 5.91 Å². The molecule has 4 heterocycles. The van der Waals surface area contributed by atoms with Gasteiger partial charge in [0.05, 0.1) is 23.3 Å². The Morgan fingerprint density at radius 1 is 1.22 bits per heavy atom. The third-order valence-corrected chi connectivity index (χ3v) is 7.05. The Hall–Kier alpha value is -3.86. The summed E-state index contributed by atoms with van der Waals surface area (Å²) in [4.78, 5) is 39.6. The molecule has 2 amide bonds. The number of H-pyrrole nitrogens is 1. The molecule has 1 atom stereocenters. The van der Waals surface area contributed by atoms with Gasteiger partial charge in [-0.25, -0.2) is 9.97 Å². The molecular formula is C26H29N5O6. The fraction of sp³-hybridized carbons (Fsp3) is 0.462. The Morgan fingerprint density at radius 2 is 2.08 bits per heavy atom. The molecule has 2 fully saturated rings. The van der Waals surface area contributed by atoms with Gasteiger partial charge in [0.15, 0.2) is 11.5 Å². The highest BCUT2D eigenvalue weighted by atomic mass is 16.7. The summed E-state index contributed by atoms with van der Waals surface area (Å²) in [6, 6.07) is 3.57. The van der Waals surface area contributed by atoms with Crippen LogP contribution < -0.4 is 19.5 Å². The van der Waals surface area contributed by atoms with E-state index < -0.39 is 0 Å². The van der Waals surface area contributed by atoms with Crippen LogP contribution in [0.4, 0.5) is 0 Å². The van der Waals surface area contributed by atoms with E-state index >= 15 is 0 Å². The Labute approximate surface area is 213 Å². The average molecular weight is 508 g/mol. The standard InChI is InChI=1S/C26H29N5O6/c1-14-20(26(33)30-16-7-8-31(9-16)19(32)11-34-2)22-24(29-14)23(28-12-27-22)21-17(35-10-15-3-4-15)5-6-18-25(21)37-13-36-18/h5-6,12,15-16,29H,3-4,7-11,13H2,1-2H3,(H,30,33)/t16-/m1/s1. The van der Waals surface area contributed by atoms with Crippen LogP contribution in [-0.4, -0.2) is 77.9 Å². The van der Waals surface area contributed by atoms with Gasteiger partial charge in [0, 0.05) is 31.9 Å². The van der Waals surface area contributed by atoms with E-state index in [4.69, 9.17) is 18.9 Å². The third kappa shape index (κ3) is 4.43. The highest BCUT2D eigenvalue weighted by Crippen LogP contribution is 2.48. The van der Waals surface area contributed by atoms with Gasteiger partial charge in [-0.2, -0.15) is 0 Å². The minimum Gasteiger partial charge on any atom is -0.492 e. The minimum absolute atomic E-state index is 0.0339. The molecular weight excluding hydrogens is 478 g/mol. The molecule has 6 rings (SSSR count). The zero-order valence-corrected chi connectivity index (χ0v) is 20.8. The first kappa shape index (κ1) is 23.5. The summed E-state index contributed by atoms with van der Waals surface area (Å²) in [6.45, 7) is 3.64. The molecule has 194 valence electrons. The molecule has 11 nitrogen and oxygen atoms in total. The number of nitrogens with one attached hydrogen (secondary N) is 2.